The topological polar surface area (TPSA) is 93.2 Å². The van der Waals surface area contributed by atoms with Crippen molar-refractivity contribution in [3.05, 3.63) is 0 Å². The van der Waals surface area contributed by atoms with E-state index in [1.807, 2.05) is 27.7 Å². The molecular weight excluding hydrogens is 372 g/mol. The fourth-order valence-electron chi connectivity index (χ4n) is 3.10. The van der Waals surface area contributed by atoms with E-state index in [0.717, 1.165) is 44.6 Å². The first kappa shape index (κ1) is 25.5. The molecule has 29 heavy (non-hydrogen) atoms. The van der Waals surface area contributed by atoms with Gasteiger partial charge in [-0.05, 0) is 34.1 Å². The number of nitrogens with zero attached hydrogens (tertiary/aromatic N) is 1. The molecule has 0 saturated carbocycles. The molecule has 170 valence electrons. The van der Waals surface area contributed by atoms with Gasteiger partial charge < -0.3 is 30.2 Å². The molecule has 8 nitrogen and oxygen atoms in total. The average Bonchev–Trinajstić information content (AvgIpc) is 2.67. The van der Waals surface area contributed by atoms with Gasteiger partial charge in [0.1, 0.15) is 5.60 Å². The smallest absolute Gasteiger partial charge is 0.407 e. The summed E-state index contributed by atoms with van der Waals surface area (Å²) < 4.78 is 16.6. The Balaban J connectivity index is 2.72. The molecule has 0 aromatic rings. The molecule has 0 bridgehead atoms. The van der Waals surface area contributed by atoms with Crippen LogP contribution in [0.3, 0.4) is 0 Å². The Bertz CT molecular complexity index is 499. The number of ether oxygens (including phenoxy) is 3. The lowest BCUT2D eigenvalue weighted by molar-refractivity contribution is -0.0828. The van der Waals surface area contributed by atoms with Gasteiger partial charge in [0.2, 0.25) is 0 Å². The lowest BCUT2D eigenvalue weighted by Gasteiger charge is -2.34. The largest absolute Gasteiger partial charge is 0.444 e. The highest BCUT2D eigenvalue weighted by Crippen LogP contribution is 2.24. The third-order valence-corrected chi connectivity index (χ3v) is 4.85. The molecule has 0 aromatic carbocycles. The van der Waals surface area contributed by atoms with Gasteiger partial charge in [-0.1, -0.05) is 19.8 Å². The van der Waals surface area contributed by atoms with Crippen molar-refractivity contribution in [2.45, 2.75) is 84.0 Å². The number of hydrogen-bond acceptors (Lipinski definition) is 5. The summed E-state index contributed by atoms with van der Waals surface area (Å²) in [6.07, 6.45) is 4.36. The van der Waals surface area contributed by atoms with Crippen LogP contribution in [0.4, 0.5) is 4.79 Å². The molecule has 1 rings (SSSR count). The number of aliphatic imine (C=N–C) groups is 1. The van der Waals surface area contributed by atoms with E-state index in [-0.39, 0.29) is 11.6 Å². The Kier molecular flexibility index (Phi) is 11.3. The summed E-state index contributed by atoms with van der Waals surface area (Å²) in [7, 11) is 1.75. The Morgan fingerprint density at radius 1 is 1.21 bits per heavy atom. The summed E-state index contributed by atoms with van der Waals surface area (Å²) in [5.74, 6) is 0.738. The molecule has 1 atom stereocenters. The van der Waals surface area contributed by atoms with Crippen LogP contribution in [0.1, 0.15) is 66.7 Å². The lowest BCUT2D eigenvalue weighted by atomic mass is 9.94. The van der Waals surface area contributed by atoms with Crippen molar-refractivity contribution in [2.24, 2.45) is 4.99 Å². The lowest BCUT2D eigenvalue weighted by Crippen LogP contribution is -2.50. The maximum atomic E-state index is 12.0. The first-order valence-corrected chi connectivity index (χ1v) is 10.9. The molecule has 0 spiro atoms. The van der Waals surface area contributed by atoms with Crippen LogP contribution in [0.25, 0.3) is 0 Å². The number of rotatable bonds is 10. The second-order valence-corrected chi connectivity index (χ2v) is 8.56. The van der Waals surface area contributed by atoms with Crippen LogP contribution in [-0.4, -0.2) is 69.3 Å². The van der Waals surface area contributed by atoms with Crippen molar-refractivity contribution in [1.82, 2.24) is 16.0 Å². The van der Waals surface area contributed by atoms with Crippen molar-refractivity contribution in [3.63, 3.8) is 0 Å². The van der Waals surface area contributed by atoms with Gasteiger partial charge in [-0.3, -0.25) is 4.99 Å². The zero-order chi connectivity index (χ0) is 21.8. The molecule has 1 unspecified atom stereocenters. The standard InChI is InChI=1S/C21H42N4O4/c1-7-9-10-17(15-23-19(26)29-20(3,4)5)25-18(22-8-2)24-16-21(27-6)11-13-28-14-12-21/h17H,7-16H2,1-6H3,(H,23,26)(H2,22,24,25). The molecule has 3 N–H and O–H groups in total. The van der Waals surface area contributed by atoms with Crippen LogP contribution in [0.15, 0.2) is 4.99 Å². The third kappa shape index (κ3) is 10.7. The van der Waals surface area contributed by atoms with E-state index in [0.29, 0.717) is 26.3 Å². The van der Waals surface area contributed by atoms with E-state index >= 15 is 0 Å². The van der Waals surface area contributed by atoms with Gasteiger partial charge in [0.25, 0.3) is 0 Å². The first-order chi connectivity index (χ1) is 13.7. The minimum atomic E-state index is -0.509. The second kappa shape index (κ2) is 12.9. The summed E-state index contributed by atoms with van der Waals surface area (Å²) >= 11 is 0. The van der Waals surface area contributed by atoms with Gasteiger partial charge in [0.05, 0.1) is 12.1 Å². The molecule has 0 aliphatic carbocycles. The SMILES string of the molecule is CCCCC(CNC(=O)OC(C)(C)C)NC(=NCC1(OC)CCOCC1)NCC. The van der Waals surface area contributed by atoms with Crippen molar-refractivity contribution in [3.8, 4) is 0 Å². The van der Waals surface area contributed by atoms with Crippen molar-refractivity contribution >= 4 is 12.1 Å². The number of carbonyl (C=O) groups is 1. The monoisotopic (exact) mass is 414 g/mol. The van der Waals surface area contributed by atoms with Gasteiger partial charge in [0, 0.05) is 52.3 Å². The molecule has 1 fully saturated rings. The molecule has 1 amide bonds. The Morgan fingerprint density at radius 2 is 1.90 bits per heavy atom. The van der Waals surface area contributed by atoms with E-state index in [1.165, 1.54) is 0 Å². The van der Waals surface area contributed by atoms with Crippen molar-refractivity contribution in [1.29, 1.82) is 0 Å². The molecule has 0 radical (unpaired) electrons. The minimum Gasteiger partial charge on any atom is -0.444 e. The van der Waals surface area contributed by atoms with Crippen LogP contribution >= 0.6 is 0 Å². The minimum absolute atomic E-state index is 0.0634. The van der Waals surface area contributed by atoms with Crippen LogP contribution in [-0.2, 0) is 14.2 Å². The van der Waals surface area contributed by atoms with Crippen molar-refractivity contribution in [2.75, 3.05) is 40.0 Å². The van der Waals surface area contributed by atoms with Gasteiger partial charge in [-0.2, -0.15) is 0 Å². The molecule has 1 aliphatic heterocycles. The summed E-state index contributed by atoms with van der Waals surface area (Å²) in [6, 6.07) is 0.0634. The second-order valence-electron chi connectivity index (χ2n) is 8.56. The zero-order valence-corrected chi connectivity index (χ0v) is 19.2. The number of guanidine groups is 1. The maximum absolute atomic E-state index is 12.0. The van der Waals surface area contributed by atoms with Gasteiger partial charge in [0.15, 0.2) is 5.96 Å². The number of unbranched alkanes of at least 4 members (excludes halogenated alkanes) is 1. The van der Waals surface area contributed by atoms with Crippen LogP contribution < -0.4 is 16.0 Å². The predicted octanol–water partition coefficient (Wildman–Crippen LogP) is 2.82. The number of nitrogens with one attached hydrogen (secondary N) is 3. The molecule has 8 heteroatoms. The van der Waals surface area contributed by atoms with E-state index in [4.69, 9.17) is 19.2 Å². The quantitative estimate of drug-likeness (QED) is 0.376. The molecule has 1 heterocycles. The summed E-state index contributed by atoms with van der Waals surface area (Å²) in [5, 5.41) is 9.65. The van der Waals surface area contributed by atoms with E-state index < -0.39 is 11.7 Å². The first-order valence-electron chi connectivity index (χ1n) is 10.9. The summed E-state index contributed by atoms with van der Waals surface area (Å²) in [5.41, 5.74) is -0.778. The highest BCUT2D eigenvalue weighted by molar-refractivity contribution is 5.80. The van der Waals surface area contributed by atoms with E-state index in [9.17, 15) is 4.79 Å². The number of amides is 1. The molecule has 1 aliphatic rings. The predicted molar refractivity (Wildman–Crippen MR) is 116 cm³/mol. The number of methoxy groups -OCH3 is 1. The number of carbonyl (C=O) groups excluding carboxylic acids is 1. The highest BCUT2D eigenvalue weighted by Gasteiger charge is 2.32. The van der Waals surface area contributed by atoms with Crippen LogP contribution in [0.2, 0.25) is 0 Å². The Morgan fingerprint density at radius 3 is 2.45 bits per heavy atom. The zero-order valence-electron chi connectivity index (χ0n) is 19.2. The molecular formula is C21H42N4O4. The highest BCUT2D eigenvalue weighted by atomic mass is 16.6. The normalized spacial score (nSPS) is 18.1. The van der Waals surface area contributed by atoms with E-state index in [2.05, 4.69) is 22.9 Å². The summed E-state index contributed by atoms with van der Waals surface area (Å²) in [6.45, 7) is 13.0. The number of hydrogen-bond donors (Lipinski definition) is 3. The van der Waals surface area contributed by atoms with Crippen LogP contribution in [0, 0.1) is 0 Å². The maximum Gasteiger partial charge on any atom is 0.407 e. The Hall–Kier alpha value is -1.54. The van der Waals surface area contributed by atoms with E-state index in [1.54, 1.807) is 7.11 Å². The third-order valence-electron chi connectivity index (χ3n) is 4.85. The van der Waals surface area contributed by atoms with Gasteiger partial charge in [-0.25, -0.2) is 4.79 Å². The average molecular weight is 415 g/mol. The summed E-state index contributed by atoms with van der Waals surface area (Å²) in [4.78, 5) is 16.8. The van der Waals surface area contributed by atoms with Crippen molar-refractivity contribution < 1.29 is 19.0 Å². The molecule has 0 aromatic heterocycles. The fourth-order valence-corrected chi connectivity index (χ4v) is 3.10. The van der Waals surface area contributed by atoms with Gasteiger partial charge >= 0.3 is 6.09 Å². The molecule has 1 saturated heterocycles. The number of alkyl carbamates (subject to hydrolysis) is 1. The van der Waals surface area contributed by atoms with Gasteiger partial charge in [-0.15, -0.1) is 0 Å². The Labute approximate surface area is 176 Å². The fraction of sp³-hybridized carbons (Fsp3) is 0.905. The van der Waals surface area contributed by atoms with Crippen LogP contribution in [0.5, 0.6) is 0 Å².